The lowest BCUT2D eigenvalue weighted by atomic mass is 10.2. The Hall–Kier alpha value is -0.710. The first-order valence-corrected chi connectivity index (χ1v) is 7.73. The molecule has 2 aromatic rings. The van der Waals surface area contributed by atoms with Gasteiger partial charge in [-0.15, -0.1) is 11.3 Å². The summed E-state index contributed by atoms with van der Waals surface area (Å²) in [5, 5.41) is 4.68. The number of nitrogens with zero attached hydrogens (tertiary/aromatic N) is 1. The van der Waals surface area contributed by atoms with Crippen molar-refractivity contribution in [2.24, 2.45) is 0 Å². The standard InChI is InChI=1S/C14H17BrN2S/c1-3-12-9-17-14(18-12)10(2)16-8-11-6-4-5-7-13(11)15/h4-7,9-10,16H,3,8H2,1-2H3. The van der Waals surface area contributed by atoms with Crippen molar-refractivity contribution in [2.75, 3.05) is 0 Å². The molecule has 0 aliphatic heterocycles. The first-order valence-electron chi connectivity index (χ1n) is 6.12. The molecular weight excluding hydrogens is 308 g/mol. The van der Waals surface area contributed by atoms with Crippen LogP contribution in [-0.4, -0.2) is 4.98 Å². The van der Waals surface area contributed by atoms with Gasteiger partial charge in [0.15, 0.2) is 0 Å². The number of benzene rings is 1. The summed E-state index contributed by atoms with van der Waals surface area (Å²) >= 11 is 5.36. The lowest BCUT2D eigenvalue weighted by molar-refractivity contribution is 0.571. The van der Waals surface area contributed by atoms with E-state index in [2.05, 4.69) is 58.3 Å². The van der Waals surface area contributed by atoms with Crippen LogP contribution in [-0.2, 0) is 13.0 Å². The van der Waals surface area contributed by atoms with E-state index in [0.717, 1.165) is 17.4 Å². The smallest absolute Gasteiger partial charge is 0.109 e. The fourth-order valence-corrected chi connectivity index (χ4v) is 2.99. The second kappa shape index (κ2) is 6.45. The zero-order chi connectivity index (χ0) is 13.0. The number of aromatic nitrogens is 1. The highest BCUT2D eigenvalue weighted by molar-refractivity contribution is 9.10. The third kappa shape index (κ3) is 3.40. The maximum atomic E-state index is 4.47. The van der Waals surface area contributed by atoms with Crippen LogP contribution in [0.4, 0.5) is 0 Å². The van der Waals surface area contributed by atoms with E-state index < -0.39 is 0 Å². The summed E-state index contributed by atoms with van der Waals surface area (Å²) in [6.45, 7) is 5.18. The highest BCUT2D eigenvalue weighted by Gasteiger charge is 2.10. The number of aryl methyl sites for hydroxylation is 1. The van der Waals surface area contributed by atoms with E-state index in [1.54, 1.807) is 11.3 Å². The van der Waals surface area contributed by atoms with E-state index in [-0.39, 0.29) is 0 Å². The Labute approximate surface area is 121 Å². The third-order valence-electron chi connectivity index (χ3n) is 2.85. The molecule has 0 amide bonds. The number of thiazole rings is 1. The van der Waals surface area contributed by atoms with Crippen molar-refractivity contribution in [3.05, 3.63) is 50.4 Å². The van der Waals surface area contributed by atoms with Gasteiger partial charge in [-0.1, -0.05) is 41.1 Å². The first-order chi connectivity index (χ1) is 8.70. The largest absolute Gasteiger partial charge is 0.304 e. The fraction of sp³-hybridized carbons (Fsp3) is 0.357. The quantitative estimate of drug-likeness (QED) is 0.886. The van der Waals surface area contributed by atoms with Crippen molar-refractivity contribution in [1.82, 2.24) is 10.3 Å². The SMILES string of the molecule is CCc1cnc(C(C)NCc2ccccc2Br)s1. The van der Waals surface area contributed by atoms with E-state index in [1.165, 1.54) is 15.4 Å². The molecule has 0 bridgehead atoms. The second-order valence-electron chi connectivity index (χ2n) is 4.21. The molecule has 1 N–H and O–H groups in total. The Morgan fingerprint density at radius 2 is 2.17 bits per heavy atom. The molecule has 18 heavy (non-hydrogen) atoms. The van der Waals surface area contributed by atoms with E-state index in [1.807, 2.05) is 12.3 Å². The van der Waals surface area contributed by atoms with Crippen LogP contribution in [0.3, 0.4) is 0 Å². The molecule has 0 radical (unpaired) electrons. The highest BCUT2D eigenvalue weighted by atomic mass is 79.9. The number of rotatable bonds is 5. The second-order valence-corrected chi connectivity index (χ2v) is 6.21. The van der Waals surface area contributed by atoms with Crippen molar-refractivity contribution >= 4 is 27.3 Å². The van der Waals surface area contributed by atoms with Crippen LogP contribution in [0, 0.1) is 0 Å². The number of hydrogen-bond donors (Lipinski definition) is 1. The lowest BCUT2D eigenvalue weighted by Crippen LogP contribution is -2.18. The Morgan fingerprint density at radius 1 is 1.39 bits per heavy atom. The van der Waals surface area contributed by atoms with Gasteiger partial charge in [0.25, 0.3) is 0 Å². The molecule has 0 fully saturated rings. The summed E-state index contributed by atoms with van der Waals surface area (Å²) in [5.74, 6) is 0. The molecule has 1 atom stereocenters. The van der Waals surface area contributed by atoms with Gasteiger partial charge in [-0.3, -0.25) is 0 Å². The molecule has 0 spiro atoms. The minimum atomic E-state index is 0.294. The van der Waals surface area contributed by atoms with Gasteiger partial charge in [-0.2, -0.15) is 0 Å². The van der Waals surface area contributed by atoms with Crippen molar-refractivity contribution in [2.45, 2.75) is 32.9 Å². The Bertz CT molecular complexity index is 510. The van der Waals surface area contributed by atoms with Crippen molar-refractivity contribution < 1.29 is 0 Å². The van der Waals surface area contributed by atoms with Gasteiger partial charge in [-0.05, 0) is 25.0 Å². The van der Waals surface area contributed by atoms with Gasteiger partial charge >= 0.3 is 0 Å². The molecule has 4 heteroatoms. The number of halogens is 1. The Balaban J connectivity index is 1.96. The summed E-state index contributed by atoms with van der Waals surface area (Å²) in [4.78, 5) is 5.81. The molecule has 0 saturated heterocycles. The molecule has 2 rings (SSSR count). The average Bonchev–Trinajstić information content (AvgIpc) is 2.86. The van der Waals surface area contributed by atoms with Crippen LogP contribution in [0.2, 0.25) is 0 Å². The summed E-state index contributed by atoms with van der Waals surface area (Å²) in [6.07, 6.45) is 3.05. The van der Waals surface area contributed by atoms with Crippen LogP contribution in [0.1, 0.15) is 35.3 Å². The van der Waals surface area contributed by atoms with Gasteiger partial charge in [0.05, 0.1) is 6.04 Å². The molecule has 96 valence electrons. The first kappa shape index (κ1) is 13.7. The van der Waals surface area contributed by atoms with Crippen LogP contribution >= 0.6 is 27.3 Å². The van der Waals surface area contributed by atoms with Crippen molar-refractivity contribution in [3.63, 3.8) is 0 Å². The zero-order valence-electron chi connectivity index (χ0n) is 10.6. The fourth-order valence-electron chi connectivity index (χ4n) is 1.68. The molecule has 1 aromatic carbocycles. The van der Waals surface area contributed by atoms with Gasteiger partial charge in [-0.25, -0.2) is 4.98 Å². The minimum Gasteiger partial charge on any atom is -0.304 e. The van der Waals surface area contributed by atoms with E-state index in [0.29, 0.717) is 6.04 Å². The van der Waals surface area contributed by atoms with E-state index in [9.17, 15) is 0 Å². The van der Waals surface area contributed by atoms with Crippen LogP contribution in [0.15, 0.2) is 34.9 Å². The molecule has 0 aliphatic rings. The Kier molecular flexibility index (Phi) is 4.92. The Morgan fingerprint density at radius 3 is 2.83 bits per heavy atom. The van der Waals surface area contributed by atoms with Gasteiger partial charge in [0.2, 0.25) is 0 Å². The molecule has 0 saturated carbocycles. The minimum absolute atomic E-state index is 0.294. The summed E-state index contributed by atoms with van der Waals surface area (Å²) < 4.78 is 1.15. The van der Waals surface area contributed by atoms with Crippen molar-refractivity contribution in [3.8, 4) is 0 Å². The molecular formula is C14H17BrN2S. The van der Waals surface area contributed by atoms with Crippen LogP contribution in [0.5, 0.6) is 0 Å². The van der Waals surface area contributed by atoms with Gasteiger partial charge < -0.3 is 5.32 Å². The summed E-state index contributed by atoms with van der Waals surface area (Å²) in [5.41, 5.74) is 1.27. The van der Waals surface area contributed by atoms with Crippen LogP contribution < -0.4 is 5.32 Å². The molecule has 1 heterocycles. The predicted octanol–water partition coefficient (Wildman–Crippen LogP) is 4.32. The highest BCUT2D eigenvalue weighted by Crippen LogP contribution is 2.21. The predicted molar refractivity (Wildman–Crippen MR) is 80.9 cm³/mol. The van der Waals surface area contributed by atoms with E-state index >= 15 is 0 Å². The monoisotopic (exact) mass is 324 g/mol. The summed E-state index contributed by atoms with van der Waals surface area (Å²) in [6, 6.07) is 8.59. The van der Waals surface area contributed by atoms with E-state index in [4.69, 9.17) is 0 Å². The normalized spacial score (nSPS) is 12.6. The maximum Gasteiger partial charge on any atom is 0.109 e. The molecule has 1 unspecified atom stereocenters. The lowest BCUT2D eigenvalue weighted by Gasteiger charge is -2.12. The molecule has 2 nitrogen and oxygen atoms in total. The van der Waals surface area contributed by atoms with Crippen LogP contribution in [0.25, 0.3) is 0 Å². The molecule has 0 aliphatic carbocycles. The zero-order valence-corrected chi connectivity index (χ0v) is 13.0. The van der Waals surface area contributed by atoms with Gasteiger partial charge in [0, 0.05) is 22.1 Å². The van der Waals surface area contributed by atoms with Crippen molar-refractivity contribution in [1.29, 1.82) is 0 Å². The maximum absolute atomic E-state index is 4.47. The third-order valence-corrected chi connectivity index (χ3v) is 4.94. The number of nitrogens with one attached hydrogen (secondary N) is 1. The van der Waals surface area contributed by atoms with Gasteiger partial charge in [0.1, 0.15) is 5.01 Å². The average molecular weight is 325 g/mol. The topological polar surface area (TPSA) is 24.9 Å². The molecule has 1 aromatic heterocycles. The summed E-state index contributed by atoms with van der Waals surface area (Å²) in [7, 11) is 0. The number of hydrogen-bond acceptors (Lipinski definition) is 3.